The van der Waals surface area contributed by atoms with Gasteiger partial charge in [-0.2, -0.15) is 0 Å². The van der Waals surface area contributed by atoms with Gasteiger partial charge in [-0.3, -0.25) is 9.79 Å². The number of benzene rings is 1. The van der Waals surface area contributed by atoms with E-state index >= 15 is 0 Å². The van der Waals surface area contributed by atoms with Crippen LogP contribution in [0.2, 0.25) is 0 Å². The number of likely N-dealkylation sites (N-methyl/N-ethyl adjacent to an activating group) is 1. The standard InChI is InChI=1S/C21H29N3O3S/c1-5-10-24(4)20(27)15-11-16(25)18(26)17-19(15)28-21(23-17)22-14-8-6-13(7-9-14)12(2)3/h5-9,12,15-19,25-26H,1,10-11H2,2-4H3,(H,22,23)/t15-,16+,17-,18-,19+/m0/s1. The van der Waals surface area contributed by atoms with Gasteiger partial charge in [-0.1, -0.05) is 43.8 Å². The first-order chi connectivity index (χ1) is 13.3. The van der Waals surface area contributed by atoms with Crippen molar-refractivity contribution >= 4 is 28.5 Å². The minimum absolute atomic E-state index is 0.0499. The number of thioether (sulfide) groups is 1. The van der Waals surface area contributed by atoms with Crippen LogP contribution in [0.3, 0.4) is 0 Å². The fourth-order valence-corrected chi connectivity index (χ4v) is 5.10. The van der Waals surface area contributed by atoms with E-state index in [0.717, 1.165) is 5.69 Å². The van der Waals surface area contributed by atoms with E-state index in [1.807, 2.05) is 12.1 Å². The fraction of sp³-hybridized carbons (Fsp3) is 0.524. The molecule has 3 rings (SSSR count). The fourth-order valence-electron chi connectivity index (χ4n) is 3.73. The minimum atomic E-state index is -0.964. The molecule has 6 nitrogen and oxygen atoms in total. The quantitative estimate of drug-likeness (QED) is 0.658. The van der Waals surface area contributed by atoms with Crippen LogP contribution >= 0.6 is 11.8 Å². The Kier molecular flexibility index (Phi) is 6.47. The second-order valence-electron chi connectivity index (χ2n) is 7.82. The highest BCUT2D eigenvalue weighted by Gasteiger charge is 2.50. The minimum Gasteiger partial charge on any atom is -0.390 e. The van der Waals surface area contributed by atoms with Crippen LogP contribution < -0.4 is 5.32 Å². The van der Waals surface area contributed by atoms with Gasteiger partial charge in [0.05, 0.1) is 18.1 Å². The SMILES string of the molecule is C=CCN(C)C(=O)[C@H]1C[C@@H](O)[C@H](O)[C@@H]2N=C(Nc3ccc(C(C)C)cc3)S[C@@H]21. The van der Waals surface area contributed by atoms with Crippen LogP contribution in [-0.2, 0) is 4.79 Å². The summed E-state index contributed by atoms with van der Waals surface area (Å²) in [5.74, 6) is 0.0156. The Morgan fingerprint density at radius 1 is 1.39 bits per heavy atom. The molecule has 1 aliphatic carbocycles. The number of fused-ring (bicyclic) bond motifs is 1. The lowest BCUT2D eigenvalue weighted by atomic mass is 9.80. The Morgan fingerprint density at radius 3 is 2.68 bits per heavy atom. The highest BCUT2D eigenvalue weighted by molar-refractivity contribution is 8.15. The van der Waals surface area contributed by atoms with Crippen LogP contribution in [0.1, 0.15) is 31.7 Å². The average molecular weight is 404 g/mol. The second kappa shape index (κ2) is 8.68. The van der Waals surface area contributed by atoms with E-state index in [-0.39, 0.29) is 17.6 Å². The Balaban J connectivity index is 1.75. The summed E-state index contributed by atoms with van der Waals surface area (Å²) in [5.41, 5.74) is 2.17. The van der Waals surface area contributed by atoms with Crippen LogP contribution in [0.25, 0.3) is 0 Å². The molecule has 3 N–H and O–H groups in total. The third-order valence-corrected chi connectivity index (χ3v) is 6.72. The zero-order valence-corrected chi connectivity index (χ0v) is 17.4. The molecule has 0 bridgehead atoms. The Bertz CT molecular complexity index is 750. The molecular formula is C21H29N3O3S. The summed E-state index contributed by atoms with van der Waals surface area (Å²) in [5, 5.41) is 24.5. The van der Waals surface area contributed by atoms with E-state index in [4.69, 9.17) is 0 Å². The lowest BCUT2D eigenvalue weighted by Gasteiger charge is -2.38. The number of aliphatic imine (C=N–C) groups is 1. The molecule has 28 heavy (non-hydrogen) atoms. The topological polar surface area (TPSA) is 85.2 Å². The number of carbonyl (C=O) groups is 1. The summed E-state index contributed by atoms with van der Waals surface area (Å²) in [6, 6.07) is 7.67. The van der Waals surface area contributed by atoms with Gasteiger partial charge >= 0.3 is 0 Å². The van der Waals surface area contributed by atoms with Gasteiger partial charge in [0, 0.05) is 24.5 Å². The molecule has 1 fully saturated rings. The van der Waals surface area contributed by atoms with Crippen LogP contribution in [0.5, 0.6) is 0 Å². The van der Waals surface area contributed by atoms with E-state index in [2.05, 4.69) is 42.9 Å². The molecule has 152 valence electrons. The number of rotatable bonds is 5. The normalized spacial score (nSPS) is 29.2. The molecule has 0 spiro atoms. The second-order valence-corrected chi connectivity index (χ2v) is 8.98. The van der Waals surface area contributed by atoms with Crippen LogP contribution in [0, 0.1) is 5.92 Å². The van der Waals surface area contributed by atoms with E-state index in [1.54, 1.807) is 18.0 Å². The van der Waals surface area contributed by atoms with Crippen molar-refractivity contribution in [1.29, 1.82) is 0 Å². The maximum Gasteiger partial charge on any atom is 0.227 e. The predicted molar refractivity (Wildman–Crippen MR) is 115 cm³/mol. The molecule has 1 amide bonds. The van der Waals surface area contributed by atoms with Crippen molar-refractivity contribution in [2.24, 2.45) is 10.9 Å². The summed E-state index contributed by atoms with van der Waals surface area (Å²) < 4.78 is 0. The zero-order chi connectivity index (χ0) is 20.4. The molecular weight excluding hydrogens is 374 g/mol. The van der Waals surface area contributed by atoms with Gasteiger partial charge in [-0.25, -0.2) is 0 Å². The summed E-state index contributed by atoms with van der Waals surface area (Å²) >= 11 is 1.47. The Labute approximate surface area is 170 Å². The van der Waals surface area contributed by atoms with Gasteiger partial charge < -0.3 is 20.4 Å². The van der Waals surface area contributed by atoms with Gasteiger partial charge in [0.25, 0.3) is 0 Å². The maximum absolute atomic E-state index is 12.8. The number of anilines is 1. The van der Waals surface area contributed by atoms with Gasteiger partial charge in [-0.15, -0.1) is 6.58 Å². The molecule has 5 atom stereocenters. The third kappa shape index (κ3) is 4.26. The summed E-state index contributed by atoms with van der Waals surface area (Å²) in [7, 11) is 1.73. The van der Waals surface area contributed by atoms with Crippen LogP contribution in [0.4, 0.5) is 5.69 Å². The van der Waals surface area contributed by atoms with Crippen LogP contribution in [0.15, 0.2) is 41.9 Å². The largest absolute Gasteiger partial charge is 0.390 e. The number of hydrogen-bond acceptors (Lipinski definition) is 6. The number of carbonyl (C=O) groups excluding carboxylic acids is 1. The van der Waals surface area contributed by atoms with E-state index < -0.39 is 24.2 Å². The highest BCUT2D eigenvalue weighted by atomic mass is 32.2. The molecule has 1 aliphatic heterocycles. The first kappa shape index (κ1) is 20.9. The molecule has 7 heteroatoms. The Morgan fingerprint density at radius 2 is 2.07 bits per heavy atom. The number of nitrogens with one attached hydrogen (secondary N) is 1. The lowest BCUT2D eigenvalue weighted by molar-refractivity contribution is -0.138. The number of amidine groups is 1. The Hall–Kier alpha value is -1.83. The first-order valence-electron chi connectivity index (χ1n) is 9.65. The van der Waals surface area contributed by atoms with E-state index in [0.29, 0.717) is 17.6 Å². The van der Waals surface area contributed by atoms with Gasteiger partial charge in [0.2, 0.25) is 5.91 Å². The molecule has 2 aliphatic rings. The van der Waals surface area contributed by atoms with Gasteiger partial charge in [0.15, 0.2) is 5.17 Å². The summed E-state index contributed by atoms with van der Waals surface area (Å²) in [6.07, 6.45) is -0.00727. The van der Waals surface area contributed by atoms with Crippen LogP contribution in [-0.4, -0.2) is 63.3 Å². The lowest BCUT2D eigenvalue weighted by Crippen LogP contribution is -2.54. The number of amides is 1. The molecule has 1 aromatic rings. The molecule has 0 aromatic heterocycles. The van der Waals surface area contributed by atoms with E-state index in [9.17, 15) is 15.0 Å². The maximum atomic E-state index is 12.8. The van der Waals surface area contributed by atoms with Crippen molar-refractivity contribution in [2.45, 2.75) is 49.7 Å². The summed E-state index contributed by atoms with van der Waals surface area (Å²) in [6.45, 7) is 8.43. The molecule has 0 radical (unpaired) electrons. The third-order valence-electron chi connectivity index (χ3n) is 5.41. The van der Waals surface area contributed by atoms with Crippen molar-refractivity contribution in [3.05, 3.63) is 42.5 Å². The molecule has 1 aromatic carbocycles. The average Bonchev–Trinajstić information content (AvgIpc) is 3.08. The van der Waals surface area contributed by atoms with Crippen molar-refractivity contribution in [2.75, 3.05) is 18.9 Å². The van der Waals surface area contributed by atoms with Crippen molar-refractivity contribution in [3.8, 4) is 0 Å². The molecule has 0 unspecified atom stereocenters. The number of nitrogens with zero attached hydrogens (tertiary/aromatic N) is 2. The van der Waals surface area contributed by atoms with E-state index in [1.165, 1.54) is 17.3 Å². The number of hydrogen-bond donors (Lipinski definition) is 3. The first-order valence-corrected chi connectivity index (χ1v) is 10.5. The number of aliphatic hydroxyl groups is 2. The zero-order valence-electron chi connectivity index (χ0n) is 16.6. The number of aliphatic hydroxyl groups excluding tert-OH is 2. The molecule has 1 saturated carbocycles. The molecule has 0 saturated heterocycles. The van der Waals surface area contributed by atoms with Crippen molar-refractivity contribution < 1.29 is 15.0 Å². The van der Waals surface area contributed by atoms with Gasteiger partial charge in [0.1, 0.15) is 6.10 Å². The van der Waals surface area contributed by atoms with Gasteiger partial charge in [-0.05, 0) is 30.0 Å². The smallest absolute Gasteiger partial charge is 0.227 e. The summed E-state index contributed by atoms with van der Waals surface area (Å²) in [4.78, 5) is 19.1. The monoisotopic (exact) mass is 403 g/mol. The van der Waals surface area contributed by atoms with Crippen molar-refractivity contribution in [3.63, 3.8) is 0 Å². The predicted octanol–water partition coefficient (Wildman–Crippen LogP) is 2.45. The highest BCUT2D eigenvalue weighted by Crippen LogP contribution is 2.42. The molecule has 1 heterocycles. The van der Waals surface area contributed by atoms with Crippen molar-refractivity contribution in [1.82, 2.24) is 4.90 Å².